The zero-order chi connectivity index (χ0) is 15.0. The van der Waals surface area contributed by atoms with Crippen molar-refractivity contribution in [2.24, 2.45) is 0 Å². The lowest BCUT2D eigenvalue weighted by atomic mass is 10.0. The molecule has 1 aliphatic rings. The van der Waals surface area contributed by atoms with Gasteiger partial charge in [-0.25, -0.2) is 12.8 Å². The minimum Gasteiger partial charge on any atom is -0.263 e. The Morgan fingerprint density at radius 1 is 1.10 bits per heavy atom. The summed E-state index contributed by atoms with van der Waals surface area (Å²) >= 11 is 3.26. The summed E-state index contributed by atoms with van der Waals surface area (Å²) in [5.74, 6) is -0.497. The molecule has 0 spiro atoms. The van der Waals surface area contributed by atoms with Crippen LogP contribution in [-0.2, 0) is 16.4 Å². The Labute approximate surface area is 131 Å². The Balaban J connectivity index is 2.17. The van der Waals surface area contributed by atoms with Gasteiger partial charge in [0, 0.05) is 11.0 Å². The third-order valence-corrected chi connectivity index (χ3v) is 6.34. The van der Waals surface area contributed by atoms with E-state index in [4.69, 9.17) is 0 Å². The number of rotatable bonds is 2. The predicted molar refractivity (Wildman–Crippen MR) is 83.4 cm³/mol. The molecule has 2 aromatic carbocycles. The van der Waals surface area contributed by atoms with E-state index in [0.717, 1.165) is 5.56 Å². The number of nitrogens with zero attached hydrogens (tertiary/aromatic N) is 1. The monoisotopic (exact) mass is 369 g/mol. The number of aryl methyl sites for hydroxylation is 1. The smallest absolute Gasteiger partial charge is 0.263 e. The standard InChI is InChI=1S/C15H13BrFNO2S/c16-12-7-1-2-9-14(12)21(19,20)18-10-4-6-11-5-3-8-13(17)15(11)18/h1-3,5,7-9H,4,6,10H2. The van der Waals surface area contributed by atoms with Crippen molar-refractivity contribution in [2.75, 3.05) is 10.8 Å². The predicted octanol–water partition coefficient (Wildman–Crippen LogP) is 3.73. The Morgan fingerprint density at radius 2 is 1.86 bits per heavy atom. The number of hydrogen-bond donors (Lipinski definition) is 0. The third-order valence-electron chi connectivity index (χ3n) is 3.53. The number of para-hydroxylation sites is 1. The summed E-state index contributed by atoms with van der Waals surface area (Å²) in [5, 5.41) is 0. The average Bonchev–Trinajstić information content (AvgIpc) is 2.47. The molecule has 0 amide bonds. The second-order valence-electron chi connectivity index (χ2n) is 4.86. The first-order valence-electron chi connectivity index (χ1n) is 6.56. The van der Waals surface area contributed by atoms with Crippen LogP contribution in [0.4, 0.5) is 10.1 Å². The maximum Gasteiger partial charge on any atom is 0.265 e. The van der Waals surface area contributed by atoms with Crippen LogP contribution in [0.15, 0.2) is 51.8 Å². The van der Waals surface area contributed by atoms with Gasteiger partial charge in [0.25, 0.3) is 10.0 Å². The molecule has 3 nitrogen and oxygen atoms in total. The van der Waals surface area contributed by atoms with Crippen LogP contribution in [0.2, 0.25) is 0 Å². The van der Waals surface area contributed by atoms with Crippen LogP contribution < -0.4 is 4.31 Å². The van der Waals surface area contributed by atoms with Crippen LogP contribution >= 0.6 is 15.9 Å². The molecule has 0 N–H and O–H groups in total. The molecule has 1 heterocycles. The van der Waals surface area contributed by atoms with Gasteiger partial charge in [0.2, 0.25) is 0 Å². The molecule has 0 bridgehead atoms. The molecule has 0 radical (unpaired) electrons. The van der Waals surface area contributed by atoms with Gasteiger partial charge in [0.05, 0.1) is 5.69 Å². The van der Waals surface area contributed by atoms with Crippen molar-refractivity contribution >= 4 is 31.6 Å². The molecule has 0 atom stereocenters. The molecule has 0 aromatic heterocycles. The van der Waals surface area contributed by atoms with Crippen molar-refractivity contribution in [1.29, 1.82) is 0 Å². The maximum atomic E-state index is 14.2. The lowest BCUT2D eigenvalue weighted by Crippen LogP contribution is -2.36. The molecule has 0 aliphatic carbocycles. The Hall–Kier alpha value is -1.40. The first-order chi connectivity index (χ1) is 10.0. The lowest BCUT2D eigenvalue weighted by molar-refractivity contribution is 0.576. The quantitative estimate of drug-likeness (QED) is 0.808. The van der Waals surface area contributed by atoms with E-state index in [-0.39, 0.29) is 17.1 Å². The molecule has 21 heavy (non-hydrogen) atoms. The minimum absolute atomic E-state index is 0.154. The van der Waals surface area contributed by atoms with Gasteiger partial charge in [-0.2, -0.15) is 0 Å². The molecule has 2 aromatic rings. The molecule has 0 saturated heterocycles. The third kappa shape index (κ3) is 2.46. The van der Waals surface area contributed by atoms with Crippen LogP contribution in [-0.4, -0.2) is 15.0 Å². The summed E-state index contributed by atoms with van der Waals surface area (Å²) in [6, 6.07) is 11.3. The normalized spacial score (nSPS) is 14.9. The van der Waals surface area contributed by atoms with E-state index < -0.39 is 15.8 Å². The van der Waals surface area contributed by atoms with Gasteiger partial charge < -0.3 is 0 Å². The van der Waals surface area contributed by atoms with E-state index in [2.05, 4.69) is 15.9 Å². The van der Waals surface area contributed by atoms with E-state index in [1.54, 1.807) is 30.3 Å². The number of fused-ring (bicyclic) bond motifs is 1. The topological polar surface area (TPSA) is 37.4 Å². The van der Waals surface area contributed by atoms with E-state index in [9.17, 15) is 12.8 Å². The minimum atomic E-state index is -3.78. The fraction of sp³-hybridized carbons (Fsp3) is 0.200. The molecule has 110 valence electrons. The van der Waals surface area contributed by atoms with Crippen molar-refractivity contribution in [3.05, 3.63) is 58.3 Å². The van der Waals surface area contributed by atoms with Gasteiger partial charge in [-0.3, -0.25) is 4.31 Å². The summed E-state index contributed by atoms with van der Waals surface area (Å²) < 4.78 is 41.5. The molecule has 3 rings (SSSR count). The lowest BCUT2D eigenvalue weighted by Gasteiger charge is -2.31. The Kier molecular flexibility index (Phi) is 3.75. The highest BCUT2D eigenvalue weighted by molar-refractivity contribution is 9.10. The number of anilines is 1. The highest BCUT2D eigenvalue weighted by atomic mass is 79.9. The average molecular weight is 370 g/mol. The highest BCUT2D eigenvalue weighted by Gasteiger charge is 2.32. The van der Waals surface area contributed by atoms with Gasteiger partial charge in [0.15, 0.2) is 0 Å². The maximum absolute atomic E-state index is 14.2. The van der Waals surface area contributed by atoms with Crippen LogP contribution in [0.25, 0.3) is 0 Å². The Morgan fingerprint density at radius 3 is 2.62 bits per heavy atom. The van der Waals surface area contributed by atoms with Crippen molar-refractivity contribution in [2.45, 2.75) is 17.7 Å². The van der Waals surface area contributed by atoms with Crippen molar-refractivity contribution in [1.82, 2.24) is 0 Å². The first-order valence-corrected chi connectivity index (χ1v) is 8.80. The van der Waals surface area contributed by atoms with Crippen LogP contribution in [0.3, 0.4) is 0 Å². The molecule has 0 unspecified atom stereocenters. The Bertz CT molecular complexity index is 792. The fourth-order valence-corrected chi connectivity index (χ4v) is 5.09. The molecule has 6 heteroatoms. The van der Waals surface area contributed by atoms with E-state index in [1.807, 2.05) is 0 Å². The van der Waals surface area contributed by atoms with E-state index >= 15 is 0 Å². The van der Waals surface area contributed by atoms with Gasteiger partial charge >= 0.3 is 0 Å². The summed E-state index contributed by atoms with van der Waals surface area (Å²) in [6.07, 6.45) is 1.37. The number of benzene rings is 2. The molecular weight excluding hydrogens is 357 g/mol. The van der Waals surface area contributed by atoms with Gasteiger partial charge in [-0.1, -0.05) is 24.3 Å². The van der Waals surface area contributed by atoms with Crippen molar-refractivity contribution < 1.29 is 12.8 Å². The number of hydrogen-bond acceptors (Lipinski definition) is 2. The van der Waals surface area contributed by atoms with Gasteiger partial charge in [0.1, 0.15) is 10.7 Å². The van der Waals surface area contributed by atoms with Gasteiger partial charge in [-0.15, -0.1) is 0 Å². The number of sulfonamides is 1. The van der Waals surface area contributed by atoms with Crippen LogP contribution in [0.5, 0.6) is 0 Å². The zero-order valence-electron chi connectivity index (χ0n) is 11.1. The molecule has 1 aliphatic heterocycles. The van der Waals surface area contributed by atoms with Crippen molar-refractivity contribution in [3.63, 3.8) is 0 Å². The molecule has 0 saturated carbocycles. The van der Waals surface area contributed by atoms with E-state index in [0.29, 0.717) is 17.3 Å². The fourth-order valence-electron chi connectivity index (χ4n) is 2.58. The summed E-state index contributed by atoms with van der Waals surface area (Å²) in [6.45, 7) is 0.289. The summed E-state index contributed by atoms with van der Waals surface area (Å²) in [5.41, 5.74) is 0.913. The highest BCUT2D eigenvalue weighted by Crippen LogP contribution is 2.35. The zero-order valence-corrected chi connectivity index (χ0v) is 13.5. The largest absolute Gasteiger partial charge is 0.265 e. The second kappa shape index (κ2) is 5.42. The molecular formula is C15H13BrFNO2S. The number of halogens is 2. The van der Waals surface area contributed by atoms with Crippen molar-refractivity contribution in [3.8, 4) is 0 Å². The first kappa shape index (κ1) is 14.5. The molecule has 0 fully saturated rings. The van der Waals surface area contributed by atoms with Gasteiger partial charge in [-0.05, 0) is 52.5 Å². The van der Waals surface area contributed by atoms with E-state index in [1.165, 1.54) is 16.4 Å². The second-order valence-corrected chi connectivity index (χ2v) is 7.54. The van der Waals surface area contributed by atoms with Crippen LogP contribution in [0, 0.1) is 5.82 Å². The summed E-state index contributed by atoms with van der Waals surface area (Å²) in [7, 11) is -3.78. The SMILES string of the molecule is O=S(=O)(c1ccccc1Br)N1CCCc2cccc(F)c21. The van der Waals surface area contributed by atoms with Crippen LogP contribution in [0.1, 0.15) is 12.0 Å². The summed E-state index contributed by atoms with van der Waals surface area (Å²) in [4.78, 5) is 0.154.